The van der Waals surface area contributed by atoms with Crippen molar-refractivity contribution in [3.05, 3.63) is 63.2 Å². The van der Waals surface area contributed by atoms with Crippen molar-refractivity contribution in [2.45, 2.75) is 69.1 Å². The van der Waals surface area contributed by atoms with Crippen molar-refractivity contribution in [1.82, 2.24) is 15.5 Å². The zero-order chi connectivity index (χ0) is 28.8. The Hall–Kier alpha value is -2.73. The molecule has 1 aliphatic heterocycles. The average Bonchev–Trinajstić information content (AvgIpc) is 3.40. The Morgan fingerprint density at radius 2 is 2.02 bits per heavy atom. The normalized spacial score (nSPS) is 22.5. The number of carbonyl (C=O) groups is 1. The van der Waals surface area contributed by atoms with Crippen LogP contribution in [-0.2, 0) is 22.0 Å². The van der Waals surface area contributed by atoms with Crippen LogP contribution < -0.4 is 10.2 Å². The zero-order valence-corrected chi connectivity index (χ0v) is 24.6. The number of nitrogens with zero attached hydrogens (tertiary/aromatic N) is 3. The molecular formula is C28H29Cl2FN4O5S. The Bertz CT molecular complexity index is 1530. The van der Waals surface area contributed by atoms with Crippen LogP contribution in [0.25, 0.3) is 11.3 Å². The van der Waals surface area contributed by atoms with Gasteiger partial charge in [0.1, 0.15) is 16.8 Å². The topological polar surface area (TPSA) is 115 Å². The SMILES string of the molecule is CCC(NC(=O)c1cnc(N2C[C@@H]3C[C@H]2C[C@H]3OCc2c(-c3c(Cl)cccc3Cl)noc2C2CC2)c(F)c1)[SH](=O)=O. The molecule has 218 valence electrons. The van der Waals surface area contributed by atoms with Gasteiger partial charge in [-0.3, -0.25) is 4.79 Å². The third-order valence-electron chi connectivity index (χ3n) is 8.18. The lowest BCUT2D eigenvalue weighted by molar-refractivity contribution is 0.0121. The molecule has 6 rings (SSSR count). The maximum atomic E-state index is 15.1. The molecule has 9 nitrogen and oxygen atoms in total. The first kappa shape index (κ1) is 28.4. The molecule has 3 aromatic rings. The fraction of sp³-hybridized carbons (Fsp3) is 0.464. The Balaban J connectivity index is 1.13. The first-order chi connectivity index (χ1) is 19.7. The van der Waals surface area contributed by atoms with E-state index in [-0.39, 0.29) is 35.9 Å². The number of thiol groups is 1. The van der Waals surface area contributed by atoms with E-state index in [0.29, 0.717) is 46.8 Å². The van der Waals surface area contributed by atoms with Gasteiger partial charge >= 0.3 is 0 Å². The van der Waals surface area contributed by atoms with E-state index in [2.05, 4.69) is 15.5 Å². The summed E-state index contributed by atoms with van der Waals surface area (Å²) >= 11 is 13.0. The highest BCUT2D eigenvalue weighted by Gasteiger charge is 2.47. The van der Waals surface area contributed by atoms with Crippen LogP contribution in [0.4, 0.5) is 10.2 Å². The van der Waals surface area contributed by atoms with Crippen molar-refractivity contribution in [3.8, 4) is 11.3 Å². The van der Waals surface area contributed by atoms with Crippen molar-refractivity contribution in [2.75, 3.05) is 11.4 Å². The summed E-state index contributed by atoms with van der Waals surface area (Å²) in [4.78, 5) is 18.6. The van der Waals surface area contributed by atoms with Gasteiger partial charge in [-0.05, 0) is 50.3 Å². The molecule has 3 fully saturated rings. The molecule has 2 aliphatic carbocycles. The quantitative estimate of drug-likeness (QED) is 0.292. The number of halogens is 3. The molecule has 1 N–H and O–H groups in total. The lowest BCUT2D eigenvalue weighted by Crippen LogP contribution is -2.39. The van der Waals surface area contributed by atoms with Gasteiger partial charge in [0, 0.05) is 41.7 Å². The second-order valence-electron chi connectivity index (χ2n) is 10.8. The van der Waals surface area contributed by atoms with Crippen molar-refractivity contribution >= 4 is 45.6 Å². The Labute approximate surface area is 248 Å². The van der Waals surface area contributed by atoms with Crippen LogP contribution in [-0.4, -0.2) is 48.5 Å². The second kappa shape index (κ2) is 11.5. The number of piperidine rings is 1. The lowest BCUT2D eigenvalue weighted by atomic mass is 10.0. The van der Waals surface area contributed by atoms with Gasteiger partial charge in [-0.25, -0.2) is 17.8 Å². The minimum absolute atomic E-state index is 0.0262. The molecule has 1 aromatic carbocycles. The largest absolute Gasteiger partial charge is 0.373 e. The summed E-state index contributed by atoms with van der Waals surface area (Å²) in [5.74, 6) is 0.203. The van der Waals surface area contributed by atoms with Gasteiger partial charge in [0.05, 0.1) is 28.3 Å². The average molecular weight is 624 g/mol. The molecule has 41 heavy (non-hydrogen) atoms. The number of hydrogen-bond acceptors (Lipinski definition) is 8. The first-order valence-electron chi connectivity index (χ1n) is 13.7. The number of fused-ring (bicyclic) bond motifs is 2. The number of carbonyl (C=O) groups excluding carboxylic acids is 1. The summed E-state index contributed by atoms with van der Waals surface area (Å²) in [5, 5.41) is 6.70. The van der Waals surface area contributed by atoms with Crippen LogP contribution >= 0.6 is 23.2 Å². The predicted molar refractivity (Wildman–Crippen MR) is 152 cm³/mol. The van der Waals surface area contributed by atoms with Crippen LogP contribution in [0.15, 0.2) is 35.0 Å². The van der Waals surface area contributed by atoms with Gasteiger partial charge in [0.2, 0.25) is 0 Å². The molecule has 0 spiro atoms. The van der Waals surface area contributed by atoms with E-state index >= 15 is 4.39 Å². The van der Waals surface area contributed by atoms with Gasteiger partial charge < -0.3 is 19.5 Å². The molecule has 4 atom stereocenters. The molecule has 1 amide bonds. The van der Waals surface area contributed by atoms with E-state index in [1.165, 1.54) is 6.20 Å². The number of amides is 1. The summed E-state index contributed by atoms with van der Waals surface area (Å²) in [6.45, 7) is 2.52. The fourth-order valence-electron chi connectivity index (χ4n) is 5.91. The number of pyridine rings is 1. The molecule has 3 aliphatic rings. The van der Waals surface area contributed by atoms with E-state index in [4.69, 9.17) is 32.5 Å². The number of ether oxygens (including phenoxy) is 1. The van der Waals surface area contributed by atoms with Gasteiger partial charge in [-0.15, -0.1) is 0 Å². The van der Waals surface area contributed by atoms with Crippen LogP contribution in [0, 0.1) is 11.7 Å². The van der Waals surface area contributed by atoms with Crippen LogP contribution in [0.3, 0.4) is 0 Å². The van der Waals surface area contributed by atoms with E-state index in [9.17, 15) is 13.2 Å². The highest BCUT2D eigenvalue weighted by Crippen LogP contribution is 2.47. The summed E-state index contributed by atoms with van der Waals surface area (Å²) in [6.07, 6.45) is 5.09. The molecular weight excluding hydrogens is 594 g/mol. The monoisotopic (exact) mass is 622 g/mol. The molecule has 2 aromatic heterocycles. The van der Waals surface area contributed by atoms with Crippen LogP contribution in [0.1, 0.15) is 66.6 Å². The predicted octanol–water partition coefficient (Wildman–Crippen LogP) is 5.32. The number of rotatable bonds is 10. The van der Waals surface area contributed by atoms with Gasteiger partial charge in [0.15, 0.2) is 22.3 Å². The lowest BCUT2D eigenvalue weighted by Gasteiger charge is -2.32. The van der Waals surface area contributed by atoms with Crippen molar-refractivity contribution in [3.63, 3.8) is 0 Å². The van der Waals surface area contributed by atoms with E-state index < -0.39 is 27.8 Å². The summed E-state index contributed by atoms with van der Waals surface area (Å²) in [5.41, 5.74) is 2.09. The second-order valence-corrected chi connectivity index (χ2v) is 12.9. The third kappa shape index (κ3) is 5.57. The molecule has 0 radical (unpaired) electrons. The summed E-state index contributed by atoms with van der Waals surface area (Å²) in [6, 6.07) is 6.48. The van der Waals surface area contributed by atoms with Crippen LogP contribution in [0.2, 0.25) is 10.0 Å². The van der Waals surface area contributed by atoms with Gasteiger partial charge in [-0.2, -0.15) is 0 Å². The minimum atomic E-state index is -2.84. The van der Waals surface area contributed by atoms with Crippen molar-refractivity contribution in [2.24, 2.45) is 5.92 Å². The molecule has 2 bridgehead atoms. The summed E-state index contributed by atoms with van der Waals surface area (Å²) in [7, 11) is -2.84. The highest BCUT2D eigenvalue weighted by molar-refractivity contribution is 7.73. The minimum Gasteiger partial charge on any atom is -0.373 e. The molecule has 2 saturated carbocycles. The van der Waals surface area contributed by atoms with Crippen molar-refractivity contribution < 1.29 is 26.9 Å². The fourth-order valence-corrected chi connectivity index (χ4v) is 7.01. The van der Waals surface area contributed by atoms with Gasteiger partial charge in [-0.1, -0.05) is 41.3 Å². The molecule has 1 saturated heterocycles. The van der Waals surface area contributed by atoms with Gasteiger partial charge in [0.25, 0.3) is 5.91 Å². The number of anilines is 1. The zero-order valence-electron chi connectivity index (χ0n) is 22.2. The van der Waals surface area contributed by atoms with E-state index in [1.54, 1.807) is 25.1 Å². The molecule has 1 unspecified atom stereocenters. The van der Waals surface area contributed by atoms with Crippen molar-refractivity contribution in [1.29, 1.82) is 0 Å². The Morgan fingerprint density at radius 3 is 2.63 bits per heavy atom. The highest BCUT2D eigenvalue weighted by atomic mass is 35.5. The first-order valence-corrected chi connectivity index (χ1v) is 15.7. The van der Waals surface area contributed by atoms with E-state index in [0.717, 1.165) is 36.7 Å². The Kier molecular flexibility index (Phi) is 7.97. The molecule has 13 heteroatoms. The number of hydrogen-bond donors (Lipinski definition) is 2. The van der Waals surface area contributed by atoms with Crippen LogP contribution in [0.5, 0.6) is 0 Å². The third-order valence-corrected chi connectivity index (χ3v) is 9.81. The van der Waals surface area contributed by atoms with E-state index in [1.807, 2.05) is 4.90 Å². The standard InChI is InChI=1S/C28H29Cl2FN4O5S/c1-2-23(41(37)38)33-28(36)15-9-21(31)27(32-11-15)35-12-16-8-17(35)10-22(16)39-13-18-25(34-40-26(18)14-6-7-14)24-19(29)4-3-5-20(24)30/h3-5,9,11,14,16-17,22-23,41H,2,6-8,10,12-13H2,1H3,(H,33,36)/t16-,17-,22+,23?/m0/s1. The maximum Gasteiger partial charge on any atom is 0.253 e. The molecule has 3 heterocycles. The Morgan fingerprint density at radius 1 is 1.27 bits per heavy atom. The number of nitrogens with one attached hydrogen (secondary N) is 1. The smallest absolute Gasteiger partial charge is 0.253 e. The summed E-state index contributed by atoms with van der Waals surface area (Å²) < 4.78 is 49.8. The maximum absolute atomic E-state index is 15.1. The number of benzene rings is 1. The number of aromatic nitrogens is 2.